The number of fused-ring (bicyclic) bond motifs is 3. The average Bonchev–Trinajstić information content (AvgIpc) is 2.91. The number of nitrogens with one attached hydrogen (secondary N) is 1. The lowest BCUT2D eigenvalue weighted by Crippen LogP contribution is -2.35. The van der Waals surface area contributed by atoms with Crippen LogP contribution in [0.5, 0.6) is 0 Å². The van der Waals surface area contributed by atoms with Crippen molar-refractivity contribution in [3.63, 3.8) is 0 Å². The largest absolute Gasteiger partial charge is 0.358 e. The minimum Gasteiger partial charge on any atom is -0.358 e. The highest BCUT2D eigenvalue weighted by molar-refractivity contribution is 5.95. The van der Waals surface area contributed by atoms with Crippen LogP contribution in [0.4, 0.5) is 4.39 Å². The van der Waals surface area contributed by atoms with Crippen molar-refractivity contribution in [1.82, 2.24) is 9.88 Å². The van der Waals surface area contributed by atoms with E-state index in [4.69, 9.17) is 0 Å². The number of rotatable bonds is 1. The molecule has 0 unspecified atom stereocenters. The van der Waals surface area contributed by atoms with Crippen molar-refractivity contribution < 1.29 is 9.18 Å². The molecule has 0 aliphatic carbocycles. The third-order valence-electron chi connectivity index (χ3n) is 4.52. The summed E-state index contributed by atoms with van der Waals surface area (Å²) in [7, 11) is 0. The van der Waals surface area contributed by atoms with Crippen LogP contribution in [0.2, 0.25) is 0 Å². The van der Waals surface area contributed by atoms with Gasteiger partial charge < -0.3 is 9.88 Å². The van der Waals surface area contributed by atoms with Crippen LogP contribution in [-0.4, -0.2) is 22.3 Å². The normalized spacial score (nSPS) is 14.1. The molecule has 3 aromatic rings. The number of nitrogens with zero attached hydrogens (tertiary/aromatic N) is 1. The molecule has 1 N–H and O–H groups in total. The predicted octanol–water partition coefficient (Wildman–Crippen LogP) is 3.81. The lowest BCUT2D eigenvalue weighted by Gasteiger charge is -2.27. The summed E-state index contributed by atoms with van der Waals surface area (Å²) in [4.78, 5) is 17.8. The number of amides is 1. The van der Waals surface area contributed by atoms with Crippen molar-refractivity contribution in [2.75, 3.05) is 6.54 Å². The Labute approximate surface area is 133 Å². The Balaban J connectivity index is 1.66. The second-order valence-electron chi connectivity index (χ2n) is 6.11. The molecule has 1 aromatic heterocycles. The highest BCUT2D eigenvalue weighted by atomic mass is 19.1. The number of benzene rings is 2. The van der Waals surface area contributed by atoms with E-state index in [1.165, 1.54) is 12.1 Å². The number of carbonyl (C=O) groups excluding carboxylic acids is 1. The number of carbonyl (C=O) groups is 1. The van der Waals surface area contributed by atoms with Crippen molar-refractivity contribution in [3.05, 3.63) is 70.7 Å². The van der Waals surface area contributed by atoms with Crippen LogP contribution >= 0.6 is 0 Å². The van der Waals surface area contributed by atoms with Gasteiger partial charge in [0.15, 0.2) is 0 Å². The molecular formula is C19H17FN2O. The van der Waals surface area contributed by atoms with E-state index in [9.17, 15) is 9.18 Å². The second kappa shape index (κ2) is 5.23. The van der Waals surface area contributed by atoms with E-state index < -0.39 is 0 Å². The molecule has 0 bridgehead atoms. The van der Waals surface area contributed by atoms with E-state index in [1.54, 1.807) is 6.07 Å². The first kappa shape index (κ1) is 14.0. The average molecular weight is 308 g/mol. The van der Waals surface area contributed by atoms with E-state index in [0.29, 0.717) is 18.7 Å². The fraction of sp³-hybridized carbons (Fsp3) is 0.211. The maximum absolute atomic E-state index is 13.4. The predicted molar refractivity (Wildman–Crippen MR) is 87.9 cm³/mol. The SMILES string of the molecule is Cc1ccc(C(=O)N2CCc3[nH]c4cc(F)ccc4c3C2)cc1. The molecule has 2 aromatic carbocycles. The molecular weight excluding hydrogens is 291 g/mol. The smallest absolute Gasteiger partial charge is 0.254 e. The van der Waals surface area contributed by atoms with Gasteiger partial charge in [0.25, 0.3) is 5.91 Å². The maximum atomic E-state index is 13.4. The fourth-order valence-corrected chi connectivity index (χ4v) is 3.25. The van der Waals surface area contributed by atoms with Gasteiger partial charge in [0.2, 0.25) is 0 Å². The summed E-state index contributed by atoms with van der Waals surface area (Å²) in [5, 5.41) is 1.00. The molecule has 2 heterocycles. The molecule has 116 valence electrons. The van der Waals surface area contributed by atoms with Gasteiger partial charge in [0.1, 0.15) is 5.82 Å². The molecule has 23 heavy (non-hydrogen) atoms. The zero-order valence-corrected chi connectivity index (χ0v) is 12.9. The molecule has 4 heteroatoms. The number of aryl methyl sites for hydroxylation is 1. The third-order valence-corrected chi connectivity index (χ3v) is 4.52. The Morgan fingerprint density at radius 1 is 1.17 bits per heavy atom. The van der Waals surface area contributed by atoms with Gasteiger partial charge in [0, 0.05) is 47.2 Å². The van der Waals surface area contributed by atoms with E-state index in [0.717, 1.165) is 34.1 Å². The summed E-state index contributed by atoms with van der Waals surface area (Å²) < 4.78 is 13.4. The van der Waals surface area contributed by atoms with Gasteiger partial charge in [0.05, 0.1) is 0 Å². The topological polar surface area (TPSA) is 36.1 Å². The summed E-state index contributed by atoms with van der Waals surface area (Å²) in [6.45, 7) is 3.25. The minimum absolute atomic E-state index is 0.0483. The van der Waals surface area contributed by atoms with Crippen LogP contribution in [0.25, 0.3) is 10.9 Å². The lowest BCUT2D eigenvalue weighted by atomic mass is 10.0. The number of hydrogen-bond donors (Lipinski definition) is 1. The van der Waals surface area contributed by atoms with Gasteiger partial charge in [-0.1, -0.05) is 17.7 Å². The van der Waals surface area contributed by atoms with Gasteiger partial charge in [-0.25, -0.2) is 4.39 Å². The molecule has 1 amide bonds. The van der Waals surface area contributed by atoms with E-state index >= 15 is 0 Å². The number of aromatic amines is 1. The van der Waals surface area contributed by atoms with Crippen molar-refractivity contribution in [2.24, 2.45) is 0 Å². The van der Waals surface area contributed by atoms with Crippen LogP contribution in [0.15, 0.2) is 42.5 Å². The van der Waals surface area contributed by atoms with Crippen LogP contribution < -0.4 is 0 Å². The van der Waals surface area contributed by atoms with E-state index in [2.05, 4.69) is 4.98 Å². The fourth-order valence-electron chi connectivity index (χ4n) is 3.25. The Kier molecular flexibility index (Phi) is 3.18. The van der Waals surface area contributed by atoms with Crippen molar-refractivity contribution in [3.8, 4) is 0 Å². The summed E-state index contributed by atoms with van der Waals surface area (Å²) in [5.74, 6) is -0.198. The van der Waals surface area contributed by atoms with Gasteiger partial charge in [-0.3, -0.25) is 4.79 Å². The summed E-state index contributed by atoms with van der Waals surface area (Å²) in [6.07, 6.45) is 0.767. The molecule has 0 radical (unpaired) electrons. The molecule has 3 nitrogen and oxygen atoms in total. The third kappa shape index (κ3) is 2.40. The Bertz CT molecular complexity index is 896. The zero-order valence-electron chi connectivity index (χ0n) is 12.9. The van der Waals surface area contributed by atoms with Crippen LogP contribution in [0.1, 0.15) is 27.2 Å². The first-order valence-corrected chi connectivity index (χ1v) is 7.77. The van der Waals surface area contributed by atoms with Gasteiger partial charge in [-0.15, -0.1) is 0 Å². The molecule has 0 atom stereocenters. The quantitative estimate of drug-likeness (QED) is 0.729. The van der Waals surface area contributed by atoms with Gasteiger partial charge in [-0.2, -0.15) is 0 Å². The van der Waals surface area contributed by atoms with Gasteiger partial charge >= 0.3 is 0 Å². The minimum atomic E-state index is -0.247. The van der Waals surface area contributed by atoms with Gasteiger partial charge in [-0.05, 0) is 37.3 Å². The zero-order chi connectivity index (χ0) is 16.0. The molecule has 1 aliphatic heterocycles. The van der Waals surface area contributed by atoms with Crippen molar-refractivity contribution in [1.29, 1.82) is 0 Å². The standard InChI is InChI=1S/C19H17FN2O/c1-12-2-4-13(5-3-12)19(23)22-9-8-17-16(11-22)15-7-6-14(20)10-18(15)21-17/h2-7,10,21H,8-9,11H2,1H3. The van der Waals surface area contributed by atoms with Crippen LogP contribution in [0.3, 0.4) is 0 Å². The number of H-pyrrole nitrogens is 1. The van der Waals surface area contributed by atoms with Crippen molar-refractivity contribution >= 4 is 16.8 Å². The molecule has 0 saturated heterocycles. The number of aromatic nitrogens is 1. The summed E-state index contributed by atoms with van der Waals surface area (Å²) >= 11 is 0. The molecule has 1 aliphatic rings. The molecule has 0 fully saturated rings. The number of hydrogen-bond acceptors (Lipinski definition) is 1. The molecule has 0 saturated carbocycles. The number of halogens is 1. The molecule has 4 rings (SSSR count). The van der Waals surface area contributed by atoms with Crippen molar-refractivity contribution in [2.45, 2.75) is 19.9 Å². The van der Waals surface area contributed by atoms with Crippen LogP contribution in [0, 0.1) is 12.7 Å². The highest BCUT2D eigenvalue weighted by Crippen LogP contribution is 2.28. The monoisotopic (exact) mass is 308 g/mol. The highest BCUT2D eigenvalue weighted by Gasteiger charge is 2.24. The Morgan fingerprint density at radius 3 is 2.74 bits per heavy atom. The summed E-state index contributed by atoms with van der Waals surface area (Å²) in [6, 6.07) is 12.4. The van der Waals surface area contributed by atoms with E-state index in [-0.39, 0.29) is 11.7 Å². The Morgan fingerprint density at radius 2 is 1.96 bits per heavy atom. The van der Waals surface area contributed by atoms with Crippen LogP contribution in [-0.2, 0) is 13.0 Å². The summed E-state index contributed by atoms with van der Waals surface area (Å²) in [5.41, 5.74) is 4.87. The Hall–Kier alpha value is -2.62. The molecule has 0 spiro atoms. The first-order valence-electron chi connectivity index (χ1n) is 7.77. The lowest BCUT2D eigenvalue weighted by molar-refractivity contribution is 0.0735. The van der Waals surface area contributed by atoms with E-state index in [1.807, 2.05) is 36.1 Å². The first-order chi connectivity index (χ1) is 11.1. The maximum Gasteiger partial charge on any atom is 0.254 e. The second-order valence-corrected chi connectivity index (χ2v) is 6.11.